The van der Waals surface area contributed by atoms with Crippen LogP contribution in [0.2, 0.25) is 0 Å². The first kappa shape index (κ1) is 11.6. The molecule has 4 heteroatoms. The molecule has 2 rings (SSSR count). The van der Waals surface area contributed by atoms with Gasteiger partial charge in [-0.05, 0) is 26.2 Å². The van der Waals surface area contributed by atoms with E-state index >= 15 is 0 Å². The fraction of sp³-hybridized carbons (Fsp3) is 0.667. The number of anilines is 1. The first-order valence-electron chi connectivity index (χ1n) is 5.89. The minimum absolute atomic E-state index is 0.280. The lowest BCUT2D eigenvalue weighted by Crippen LogP contribution is -2.27. The van der Waals surface area contributed by atoms with Gasteiger partial charge in [-0.25, -0.2) is 4.98 Å². The molecule has 1 aromatic heterocycles. The normalized spacial score (nSPS) is 17.1. The number of thiazole rings is 1. The number of carbonyl (C=O) groups is 1. The van der Waals surface area contributed by atoms with Crippen molar-refractivity contribution in [2.24, 2.45) is 0 Å². The molecule has 0 saturated heterocycles. The predicted octanol–water partition coefficient (Wildman–Crippen LogP) is 2.90. The maximum Gasteiger partial charge on any atom is 0.186 e. The van der Waals surface area contributed by atoms with Crippen LogP contribution in [0.5, 0.6) is 0 Å². The lowest BCUT2D eigenvalue weighted by Gasteiger charge is -2.22. The van der Waals surface area contributed by atoms with Gasteiger partial charge < -0.3 is 4.90 Å². The fourth-order valence-electron chi connectivity index (χ4n) is 1.87. The monoisotopic (exact) mass is 238 g/mol. The molecule has 0 N–H and O–H groups in total. The highest BCUT2D eigenvalue weighted by Gasteiger charge is 2.24. The van der Waals surface area contributed by atoms with Gasteiger partial charge in [0.05, 0.1) is 10.6 Å². The molecule has 0 bridgehead atoms. The van der Waals surface area contributed by atoms with Gasteiger partial charge in [-0.1, -0.05) is 18.3 Å². The van der Waals surface area contributed by atoms with E-state index < -0.39 is 0 Å². The lowest BCUT2D eigenvalue weighted by atomic mass is 10.0. The molecular formula is C12H18N2OS. The Labute approximate surface area is 100 Å². The molecule has 16 heavy (non-hydrogen) atoms. The Hall–Kier alpha value is -0.900. The van der Waals surface area contributed by atoms with Crippen LogP contribution in [0.3, 0.4) is 0 Å². The van der Waals surface area contributed by atoms with Crippen molar-refractivity contribution in [1.29, 1.82) is 0 Å². The Morgan fingerprint density at radius 2 is 2.25 bits per heavy atom. The van der Waals surface area contributed by atoms with Gasteiger partial charge in [0.1, 0.15) is 0 Å². The molecule has 1 aromatic rings. The summed E-state index contributed by atoms with van der Waals surface area (Å²) in [6, 6.07) is 0.475. The quantitative estimate of drug-likeness (QED) is 0.812. The molecule has 1 heterocycles. The van der Waals surface area contributed by atoms with E-state index in [1.807, 2.05) is 0 Å². The summed E-state index contributed by atoms with van der Waals surface area (Å²) in [4.78, 5) is 19.4. The van der Waals surface area contributed by atoms with Crippen LogP contribution >= 0.6 is 11.3 Å². The summed E-state index contributed by atoms with van der Waals surface area (Å²) in [5.41, 5.74) is 1.02. The van der Waals surface area contributed by atoms with E-state index in [0.717, 1.165) is 35.0 Å². The van der Waals surface area contributed by atoms with E-state index in [-0.39, 0.29) is 5.78 Å². The highest BCUT2D eigenvalue weighted by Crippen LogP contribution is 2.32. The zero-order chi connectivity index (χ0) is 11.7. The molecule has 0 fully saturated rings. The molecule has 0 aliphatic heterocycles. The van der Waals surface area contributed by atoms with Gasteiger partial charge >= 0.3 is 0 Å². The van der Waals surface area contributed by atoms with Gasteiger partial charge in [0.25, 0.3) is 0 Å². The Morgan fingerprint density at radius 1 is 1.50 bits per heavy atom. The van der Waals surface area contributed by atoms with E-state index in [0.29, 0.717) is 12.5 Å². The van der Waals surface area contributed by atoms with Crippen LogP contribution in [-0.4, -0.2) is 23.9 Å². The number of aryl methyl sites for hydroxylation is 1. The molecule has 1 unspecified atom stereocenters. The first-order chi connectivity index (χ1) is 7.63. The van der Waals surface area contributed by atoms with Crippen molar-refractivity contribution in [3.05, 3.63) is 10.6 Å². The van der Waals surface area contributed by atoms with Crippen LogP contribution in [0.25, 0.3) is 0 Å². The summed E-state index contributed by atoms with van der Waals surface area (Å²) < 4.78 is 0. The molecule has 1 aliphatic carbocycles. The Morgan fingerprint density at radius 3 is 2.88 bits per heavy atom. The first-order valence-corrected chi connectivity index (χ1v) is 6.70. The smallest absolute Gasteiger partial charge is 0.186 e. The van der Waals surface area contributed by atoms with Gasteiger partial charge in [-0.3, -0.25) is 4.79 Å². The lowest BCUT2D eigenvalue weighted by molar-refractivity contribution is 0.0976. The van der Waals surface area contributed by atoms with Gasteiger partial charge in [0, 0.05) is 19.5 Å². The van der Waals surface area contributed by atoms with Crippen molar-refractivity contribution in [2.75, 3.05) is 11.9 Å². The number of hydrogen-bond acceptors (Lipinski definition) is 4. The maximum absolute atomic E-state index is 11.7. The maximum atomic E-state index is 11.7. The van der Waals surface area contributed by atoms with Gasteiger partial charge in [-0.15, -0.1) is 0 Å². The fourth-order valence-corrected chi connectivity index (χ4v) is 3.01. The summed E-state index contributed by atoms with van der Waals surface area (Å²) in [6.07, 6.45) is 3.71. The Balaban J connectivity index is 2.27. The van der Waals surface area contributed by atoms with Crippen molar-refractivity contribution >= 4 is 22.3 Å². The second kappa shape index (κ2) is 4.53. The number of Topliss-reactive ketones (excluding diaryl/α,β-unsaturated/α-hetero) is 1. The van der Waals surface area contributed by atoms with Gasteiger partial charge in [0.15, 0.2) is 10.9 Å². The average molecular weight is 238 g/mol. The van der Waals surface area contributed by atoms with Crippen LogP contribution in [0.1, 0.15) is 48.5 Å². The Bertz CT molecular complexity index is 400. The number of carbonyl (C=O) groups excluding carboxylic acids is 1. The zero-order valence-electron chi connectivity index (χ0n) is 10.1. The van der Waals surface area contributed by atoms with Crippen LogP contribution in [0.4, 0.5) is 5.13 Å². The molecule has 3 nitrogen and oxygen atoms in total. The molecule has 0 aromatic carbocycles. The van der Waals surface area contributed by atoms with E-state index in [1.54, 1.807) is 11.3 Å². The summed E-state index contributed by atoms with van der Waals surface area (Å²) in [6.45, 7) is 4.35. The molecule has 0 amide bonds. The van der Waals surface area contributed by atoms with E-state index in [9.17, 15) is 4.79 Å². The van der Waals surface area contributed by atoms with Crippen LogP contribution in [-0.2, 0) is 6.42 Å². The molecule has 1 atom stereocenters. The van der Waals surface area contributed by atoms with Gasteiger partial charge in [0.2, 0.25) is 0 Å². The number of aromatic nitrogens is 1. The number of hydrogen-bond donors (Lipinski definition) is 0. The molecule has 88 valence electrons. The van der Waals surface area contributed by atoms with Crippen LogP contribution in [0, 0.1) is 0 Å². The Kier molecular flexibility index (Phi) is 3.28. The highest BCUT2D eigenvalue weighted by atomic mass is 32.1. The third-order valence-electron chi connectivity index (χ3n) is 3.31. The predicted molar refractivity (Wildman–Crippen MR) is 67.5 cm³/mol. The van der Waals surface area contributed by atoms with Crippen molar-refractivity contribution in [3.63, 3.8) is 0 Å². The second-order valence-electron chi connectivity index (χ2n) is 4.42. The topological polar surface area (TPSA) is 33.2 Å². The average Bonchev–Trinajstić information content (AvgIpc) is 2.72. The van der Waals surface area contributed by atoms with Crippen molar-refractivity contribution in [3.8, 4) is 0 Å². The van der Waals surface area contributed by atoms with E-state index in [1.165, 1.54) is 0 Å². The summed E-state index contributed by atoms with van der Waals surface area (Å²) in [5.74, 6) is 0.280. The van der Waals surface area contributed by atoms with Crippen LogP contribution < -0.4 is 4.90 Å². The summed E-state index contributed by atoms with van der Waals surface area (Å²) >= 11 is 1.56. The molecule has 0 radical (unpaired) electrons. The van der Waals surface area contributed by atoms with Crippen molar-refractivity contribution in [1.82, 2.24) is 4.98 Å². The summed E-state index contributed by atoms with van der Waals surface area (Å²) in [5, 5.41) is 0.995. The van der Waals surface area contributed by atoms with Gasteiger partial charge in [-0.2, -0.15) is 0 Å². The third kappa shape index (κ3) is 1.98. The third-order valence-corrected chi connectivity index (χ3v) is 4.54. The standard InChI is InChI=1S/C12H18N2OS/c1-4-8(2)14(3)12-13-9-6-5-7-10(15)11(9)16-12/h8H,4-7H2,1-3H3. The highest BCUT2D eigenvalue weighted by molar-refractivity contribution is 7.17. The van der Waals surface area contributed by atoms with E-state index in [2.05, 4.69) is 30.8 Å². The number of nitrogens with zero attached hydrogens (tertiary/aromatic N) is 2. The number of rotatable bonds is 3. The van der Waals surface area contributed by atoms with Crippen molar-refractivity contribution in [2.45, 2.75) is 45.6 Å². The molecule has 0 spiro atoms. The minimum Gasteiger partial charge on any atom is -0.348 e. The van der Waals surface area contributed by atoms with E-state index in [4.69, 9.17) is 0 Å². The van der Waals surface area contributed by atoms with Crippen molar-refractivity contribution < 1.29 is 4.79 Å². The number of ketones is 1. The minimum atomic E-state index is 0.280. The summed E-state index contributed by atoms with van der Waals surface area (Å²) in [7, 11) is 2.06. The molecule has 1 aliphatic rings. The molecular weight excluding hydrogens is 220 g/mol. The SMILES string of the molecule is CCC(C)N(C)c1nc2c(s1)C(=O)CCC2. The zero-order valence-corrected chi connectivity index (χ0v) is 10.9. The largest absolute Gasteiger partial charge is 0.348 e. The van der Waals surface area contributed by atoms with Crippen LogP contribution in [0.15, 0.2) is 0 Å². The number of fused-ring (bicyclic) bond motifs is 1. The molecule has 0 saturated carbocycles. The second-order valence-corrected chi connectivity index (χ2v) is 5.39.